The predicted molar refractivity (Wildman–Crippen MR) is 162 cm³/mol. The van der Waals surface area contributed by atoms with Crippen LogP contribution in [-0.4, -0.2) is 37.1 Å². The second kappa shape index (κ2) is 14.3. The Balaban J connectivity index is 1.45. The minimum absolute atomic E-state index is 0.159. The van der Waals surface area contributed by atoms with Crippen molar-refractivity contribution in [1.29, 1.82) is 0 Å². The van der Waals surface area contributed by atoms with Crippen molar-refractivity contribution in [2.24, 2.45) is 0 Å². The van der Waals surface area contributed by atoms with Gasteiger partial charge in [-0.1, -0.05) is 54.6 Å². The van der Waals surface area contributed by atoms with Crippen molar-refractivity contribution in [3.8, 4) is 0 Å². The van der Waals surface area contributed by atoms with Crippen LogP contribution in [0, 0.1) is 10.1 Å². The summed E-state index contributed by atoms with van der Waals surface area (Å²) >= 11 is 0. The number of nitrogens with one attached hydrogen (secondary N) is 2. The molecular weight excluding hydrogens is 550 g/mol. The molecule has 2 N–H and O–H groups in total. The van der Waals surface area contributed by atoms with E-state index in [1.807, 2.05) is 54.6 Å². The highest BCUT2D eigenvalue weighted by atomic mass is 16.6. The molecule has 0 saturated carbocycles. The van der Waals surface area contributed by atoms with Gasteiger partial charge in [0.1, 0.15) is 6.10 Å². The zero-order valence-electron chi connectivity index (χ0n) is 24.6. The van der Waals surface area contributed by atoms with Gasteiger partial charge in [-0.05, 0) is 49.6 Å². The fourth-order valence-corrected chi connectivity index (χ4v) is 4.99. The van der Waals surface area contributed by atoms with E-state index < -0.39 is 28.9 Å². The van der Waals surface area contributed by atoms with Crippen molar-refractivity contribution in [2.45, 2.75) is 39.4 Å². The SMILES string of the molecule is COC(=O)C1=C(C)NC(C)=C(C(=O)OC(C)c2ccc(NCCOCc3ccccc3)cc2)C1c1cccc([N+](=O)[O-])c1. The van der Waals surface area contributed by atoms with E-state index in [-0.39, 0.29) is 16.8 Å². The molecule has 0 fully saturated rings. The van der Waals surface area contributed by atoms with Crippen LogP contribution in [0.5, 0.6) is 0 Å². The van der Waals surface area contributed by atoms with Crippen LogP contribution >= 0.6 is 0 Å². The average molecular weight is 586 g/mol. The minimum Gasteiger partial charge on any atom is -0.466 e. The molecule has 1 aliphatic rings. The van der Waals surface area contributed by atoms with Crippen LogP contribution in [0.15, 0.2) is 101 Å². The third-order valence-corrected chi connectivity index (χ3v) is 7.15. The van der Waals surface area contributed by atoms with Crippen molar-refractivity contribution in [2.75, 3.05) is 25.6 Å². The molecular formula is C33H35N3O7. The largest absolute Gasteiger partial charge is 0.466 e. The van der Waals surface area contributed by atoms with E-state index in [1.54, 1.807) is 26.8 Å². The number of nitro groups is 1. The van der Waals surface area contributed by atoms with Gasteiger partial charge in [-0.3, -0.25) is 10.1 Å². The highest BCUT2D eigenvalue weighted by molar-refractivity contribution is 6.00. The van der Waals surface area contributed by atoms with Gasteiger partial charge in [0.25, 0.3) is 5.69 Å². The molecule has 4 rings (SSSR count). The summed E-state index contributed by atoms with van der Waals surface area (Å²) in [6, 6.07) is 23.4. The van der Waals surface area contributed by atoms with Gasteiger partial charge in [0.05, 0.1) is 42.3 Å². The lowest BCUT2D eigenvalue weighted by Crippen LogP contribution is -2.32. The van der Waals surface area contributed by atoms with Crippen molar-refractivity contribution in [1.82, 2.24) is 5.32 Å². The molecule has 0 saturated heterocycles. The number of hydrogen-bond acceptors (Lipinski definition) is 9. The molecule has 1 heterocycles. The second-order valence-electron chi connectivity index (χ2n) is 10.1. The number of allylic oxidation sites excluding steroid dienone is 2. The lowest BCUT2D eigenvalue weighted by molar-refractivity contribution is -0.384. The van der Waals surface area contributed by atoms with Gasteiger partial charge in [0, 0.05) is 35.8 Å². The first-order valence-electron chi connectivity index (χ1n) is 13.9. The molecule has 0 radical (unpaired) electrons. The third kappa shape index (κ3) is 7.66. The Morgan fingerprint density at radius 3 is 2.28 bits per heavy atom. The fraction of sp³-hybridized carbons (Fsp3) is 0.273. The molecule has 0 spiro atoms. The number of dihydropyridines is 1. The fourth-order valence-electron chi connectivity index (χ4n) is 4.99. The number of nitro benzene ring substituents is 1. The van der Waals surface area contributed by atoms with Gasteiger partial charge in [0.15, 0.2) is 0 Å². The number of hydrogen-bond donors (Lipinski definition) is 2. The highest BCUT2D eigenvalue weighted by Crippen LogP contribution is 2.40. The van der Waals surface area contributed by atoms with Crippen molar-refractivity contribution in [3.63, 3.8) is 0 Å². The van der Waals surface area contributed by atoms with Crippen molar-refractivity contribution >= 4 is 23.3 Å². The van der Waals surface area contributed by atoms with Crippen LogP contribution in [0.4, 0.5) is 11.4 Å². The van der Waals surface area contributed by atoms with Gasteiger partial charge in [-0.25, -0.2) is 9.59 Å². The molecule has 3 aromatic carbocycles. The van der Waals surface area contributed by atoms with Gasteiger partial charge in [-0.15, -0.1) is 0 Å². The Morgan fingerprint density at radius 2 is 1.63 bits per heavy atom. The molecule has 2 unspecified atom stereocenters. The van der Waals surface area contributed by atoms with Gasteiger partial charge >= 0.3 is 11.9 Å². The van der Waals surface area contributed by atoms with E-state index in [9.17, 15) is 19.7 Å². The van der Waals surface area contributed by atoms with Crippen LogP contribution in [0.2, 0.25) is 0 Å². The van der Waals surface area contributed by atoms with Crippen LogP contribution in [0.1, 0.15) is 49.5 Å². The molecule has 2 atom stereocenters. The number of ether oxygens (including phenoxy) is 3. The van der Waals surface area contributed by atoms with E-state index in [0.29, 0.717) is 36.7 Å². The Bertz CT molecular complexity index is 1530. The molecule has 43 heavy (non-hydrogen) atoms. The van der Waals surface area contributed by atoms with Crippen LogP contribution in [0.3, 0.4) is 0 Å². The summed E-state index contributed by atoms with van der Waals surface area (Å²) in [4.78, 5) is 37.5. The molecule has 0 aromatic heterocycles. The molecule has 0 aliphatic carbocycles. The molecule has 1 aliphatic heterocycles. The minimum atomic E-state index is -0.927. The quantitative estimate of drug-likeness (QED) is 0.115. The van der Waals surface area contributed by atoms with Crippen molar-refractivity contribution < 1.29 is 28.7 Å². The van der Waals surface area contributed by atoms with Gasteiger partial charge < -0.3 is 24.8 Å². The smallest absolute Gasteiger partial charge is 0.337 e. The Morgan fingerprint density at radius 1 is 0.953 bits per heavy atom. The number of carbonyl (C=O) groups excluding carboxylic acids is 2. The number of anilines is 1. The average Bonchev–Trinajstić information content (AvgIpc) is 3.01. The number of methoxy groups -OCH3 is 1. The summed E-state index contributed by atoms with van der Waals surface area (Å²) in [5, 5.41) is 17.9. The zero-order chi connectivity index (χ0) is 30.9. The summed E-state index contributed by atoms with van der Waals surface area (Å²) in [7, 11) is 1.24. The molecule has 10 nitrogen and oxygen atoms in total. The van der Waals surface area contributed by atoms with Crippen molar-refractivity contribution in [3.05, 3.63) is 128 Å². The number of rotatable bonds is 12. The Kier molecular flexibility index (Phi) is 10.3. The maximum absolute atomic E-state index is 13.7. The topological polar surface area (TPSA) is 129 Å². The predicted octanol–water partition coefficient (Wildman–Crippen LogP) is 5.94. The van der Waals surface area contributed by atoms with Crippen LogP contribution in [0.25, 0.3) is 0 Å². The summed E-state index contributed by atoms with van der Waals surface area (Å²) in [6.07, 6.45) is -0.615. The molecule has 0 bridgehead atoms. The normalized spacial score (nSPS) is 15.4. The molecule has 0 amide bonds. The zero-order valence-corrected chi connectivity index (χ0v) is 24.6. The third-order valence-electron chi connectivity index (χ3n) is 7.15. The summed E-state index contributed by atoms with van der Waals surface area (Å²) in [5.41, 5.74) is 4.35. The van der Waals surface area contributed by atoms with E-state index in [4.69, 9.17) is 14.2 Å². The van der Waals surface area contributed by atoms with E-state index in [1.165, 1.54) is 25.3 Å². The first kappa shape index (κ1) is 31.0. The maximum atomic E-state index is 13.7. The standard InChI is InChI=1S/C33H35N3O7/c1-21-29(32(37)41-4)31(26-11-8-12-28(19-26)36(39)40)30(22(2)35-21)33(38)43-23(3)25-13-15-27(16-14-25)34-17-18-42-20-24-9-6-5-7-10-24/h5-16,19,23,31,34-35H,17-18,20H2,1-4H3. The Labute approximate surface area is 250 Å². The molecule has 3 aromatic rings. The van der Waals surface area contributed by atoms with Crippen LogP contribution < -0.4 is 10.6 Å². The number of nitrogens with zero attached hydrogens (tertiary/aromatic N) is 1. The first-order chi connectivity index (χ1) is 20.7. The van der Waals surface area contributed by atoms with Gasteiger partial charge in [0.2, 0.25) is 0 Å². The van der Waals surface area contributed by atoms with E-state index in [0.717, 1.165) is 16.8 Å². The lowest BCUT2D eigenvalue weighted by Gasteiger charge is -2.30. The maximum Gasteiger partial charge on any atom is 0.337 e. The van der Waals surface area contributed by atoms with E-state index in [2.05, 4.69) is 10.6 Å². The van der Waals surface area contributed by atoms with Gasteiger partial charge in [-0.2, -0.15) is 0 Å². The number of esters is 2. The first-order valence-corrected chi connectivity index (χ1v) is 13.9. The summed E-state index contributed by atoms with van der Waals surface area (Å²) in [5.74, 6) is -2.23. The highest BCUT2D eigenvalue weighted by Gasteiger charge is 2.38. The number of non-ortho nitro benzene ring substituents is 1. The molecule has 10 heteroatoms. The summed E-state index contributed by atoms with van der Waals surface area (Å²) < 4.78 is 16.6. The van der Waals surface area contributed by atoms with E-state index >= 15 is 0 Å². The number of carbonyl (C=O) groups is 2. The monoisotopic (exact) mass is 585 g/mol. The summed E-state index contributed by atoms with van der Waals surface area (Å²) in [6.45, 7) is 6.87. The second-order valence-corrected chi connectivity index (χ2v) is 10.1. The lowest BCUT2D eigenvalue weighted by atomic mass is 9.80. The Hall–Kier alpha value is -4.96. The number of benzene rings is 3. The van der Waals surface area contributed by atoms with Crippen LogP contribution in [-0.2, 0) is 30.4 Å². The molecule has 224 valence electrons.